The Morgan fingerprint density at radius 1 is 1.10 bits per heavy atom. The van der Waals surface area contributed by atoms with Crippen LogP contribution in [-0.2, 0) is 14.3 Å². The van der Waals surface area contributed by atoms with Gasteiger partial charge in [0.2, 0.25) is 0 Å². The molecule has 1 aromatic heterocycles. The monoisotopic (exact) mass is 441 g/mol. The average molecular weight is 441 g/mol. The minimum atomic E-state index is -3.03. The van der Waals surface area contributed by atoms with Crippen LogP contribution in [0.5, 0.6) is 5.75 Å². The van der Waals surface area contributed by atoms with Crippen molar-refractivity contribution in [2.75, 3.05) is 18.5 Å². The van der Waals surface area contributed by atoms with Crippen LogP contribution in [0.25, 0.3) is 0 Å². The van der Waals surface area contributed by atoms with Crippen molar-refractivity contribution in [2.45, 2.75) is 33.3 Å². The third-order valence-corrected chi connectivity index (χ3v) is 5.05. The molecule has 0 aliphatic rings. The maximum Gasteiger partial charge on any atom is 0.387 e. The van der Waals surface area contributed by atoms with Crippen molar-refractivity contribution in [1.82, 2.24) is 0 Å². The van der Waals surface area contributed by atoms with Gasteiger partial charge in [-0.05, 0) is 37.1 Å². The first-order chi connectivity index (χ1) is 14.2. The topological polar surface area (TPSA) is 90.9 Å². The van der Waals surface area contributed by atoms with Crippen LogP contribution >= 0.6 is 11.3 Å². The zero-order valence-electron chi connectivity index (χ0n) is 16.6. The van der Waals surface area contributed by atoms with E-state index >= 15 is 0 Å². The number of rotatable bonds is 9. The minimum absolute atomic E-state index is 0.0496. The Hall–Kier alpha value is -3.01. The van der Waals surface area contributed by atoms with Gasteiger partial charge in [0.25, 0.3) is 5.91 Å². The highest BCUT2D eigenvalue weighted by molar-refractivity contribution is 7.16. The number of ether oxygens (including phenoxy) is 3. The zero-order chi connectivity index (χ0) is 22.3. The summed E-state index contributed by atoms with van der Waals surface area (Å²) in [6.45, 7) is 2.09. The second-order valence-electron chi connectivity index (χ2n) is 6.30. The number of carbonyl (C=O) groups excluding carboxylic acids is 3. The molecule has 0 saturated heterocycles. The highest BCUT2D eigenvalue weighted by Crippen LogP contribution is 2.33. The van der Waals surface area contributed by atoms with Gasteiger partial charge in [-0.15, -0.1) is 11.3 Å². The van der Waals surface area contributed by atoms with Crippen LogP contribution in [-0.4, -0.2) is 37.7 Å². The molecule has 0 fully saturated rings. The molecule has 7 nitrogen and oxygen atoms in total. The standard InChI is InChI=1S/C20H21F2NO6S/c1-4-27-19(26)14-9-15(11(2)3)30-17(14)23-16(24)10-28-18(25)12-6-5-7-13(8-12)29-20(21)22/h5-9,11,20H,4,10H2,1-3H3,(H,23,24). The first kappa shape index (κ1) is 23.3. The van der Waals surface area contributed by atoms with Crippen molar-refractivity contribution in [3.8, 4) is 5.75 Å². The molecule has 2 aromatic rings. The fraction of sp³-hybridized carbons (Fsp3) is 0.350. The lowest BCUT2D eigenvalue weighted by Gasteiger charge is -2.08. The van der Waals surface area contributed by atoms with E-state index < -0.39 is 31.1 Å². The van der Waals surface area contributed by atoms with E-state index in [1.54, 1.807) is 13.0 Å². The maximum absolute atomic E-state index is 12.3. The number of hydrogen-bond acceptors (Lipinski definition) is 7. The zero-order valence-corrected chi connectivity index (χ0v) is 17.4. The van der Waals surface area contributed by atoms with Crippen molar-refractivity contribution < 1.29 is 37.4 Å². The van der Waals surface area contributed by atoms with E-state index in [-0.39, 0.29) is 29.4 Å². The molecule has 1 N–H and O–H groups in total. The number of thiophene rings is 1. The van der Waals surface area contributed by atoms with E-state index in [2.05, 4.69) is 10.1 Å². The van der Waals surface area contributed by atoms with Crippen molar-refractivity contribution in [3.63, 3.8) is 0 Å². The van der Waals surface area contributed by atoms with Crippen LogP contribution in [0.1, 0.15) is 52.3 Å². The smallest absolute Gasteiger partial charge is 0.387 e. The molecule has 0 aliphatic carbocycles. The summed E-state index contributed by atoms with van der Waals surface area (Å²) in [5, 5.41) is 2.84. The molecule has 2 rings (SSSR count). The number of halogens is 2. The lowest BCUT2D eigenvalue weighted by atomic mass is 10.1. The Balaban J connectivity index is 2.02. The van der Waals surface area contributed by atoms with Crippen molar-refractivity contribution in [2.24, 2.45) is 0 Å². The number of nitrogens with one attached hydrogen (secondary N) is 1. The van der Waals surface area contributed by atoms with Gasteiger partial charge in [-0.3, -0.25) is 4.79 Å². The molecular formula is C20H21F2NO6S. The van der Waals surface area contributed by atoms with E-state index in [4.69, 9.17) is 9.47 Å². The summed E-state index contributed by atoms with van der Waals surface area (Å²) in [6.07, 6.45) is 0. The molecule has 0 radical (unpaired) electrons. The minimum Gasteiger partial charge on any atom is -0.462 e. The van der Waals surface area contributed by atoms with Gasteiger partial charge in [0.15, 0.2) is 6.61 Å². The molecule has 162 valence electrons. The summed E-state index contributed by atoms with van der Waals surface area (Å²) in [6, 6.07) is 6.68. The summed E-state index contributed by atoms with van der Waals surface area (Å²) in [4.78, 5) is 37.3. The van der Waals surface area contributed by atoms with Gasteiger partial charge in [-0.25, -0.2) is 9.59 Å². The molecule has 0 aliphatic heterocycles. The van der Waals surface area contributed by atoms with E-state index in [0.717, 1.165) is 10.9 Å². The quantitative estimate of drug-likeness (QED) is 0.579. The van der Waals surface area contributed by atoms with E-state index in [9.17, 15) is 23.2 Å². The SMILES string of the molecule is CCOC(=O)c1cc(C(C)C)sc1NC(=O)COC(=O)c1cccc(OC(F)F)c1. The summed E-state index contributed by atoms with van der Waals surface area (Å²) in [7, 11) is 0. The Bertz CT molecular complexity index is 912. The predicted molar refractivity (Wildman–Crippen MR) is 106 cm³/mol. The number of hydrogen-bond donors (Lipinski definition) is 1. The number of benzene rings is 1. The number of carbonyl (C=O) groups is 3. The van der Waals surface area contributed by atoms with Crippen LogP contribution in [0.2, 0.25) is 0 Å². The molecule has 1 heterocycles. The normalized spacial score (nSPS) is 10.8. The molecule has 0 atom stereocenters. The number of amides is 1. The molecule has 0 spiro atoms. The first-order valence-electron chi connectivity index (χ1n) is 9.04. The Morgan fingerprint density at radius 2 is 1.83 bits per heavy atom. The molecule has 0 bridgehead atoms. The molecule has 0 unspecified atom stereocenters. The molecule has 1 aromatic carbocycles. The molecular weight excluding hydrogens is 420 g/mol. The number of anilines is 1. The third kappa shape index (κ3) is 6.51. The lowest BCUT2D eigenvalue weighted by molar-refractivity contribution is -0.119. The second-order valence-corrected chi connectivity index (χ2v) is 7.38. The van der Waals surface area contributed by atoms with E-state index in [1.807, 2.05) is 13.8 Å². The van der Waals surface area contributed by atoms with Gasteiger partial charge in [-0.2, -0.15) is 8.78 Å². The van der Waals surface area contributed by atoms with Gasteiger partial charge in [-0.1, -0.05) is 19.9 Å². The van der Waals surface area contributed by atoms with Crippen molar-refractivity contribution in [3.05, 3.63) is 46.3 Å². The first-order valence-corrected chi connectivity index (χ1v) is 9.85. The van der Waals surface area contributed by atoms with Gasteiger partial charge >= 0.3 is 18.6 Å². The van der Waals surface area contributed by atoms with Crippen molar-refractivity contribution >= 4 is 34.2 Å². The van der Waals surface area contributed by atoms with Crippen LogP contribution in [0.4, 0.5) is 13.8 Å². The van der Waals surface area contributed by atoms with Gasteiger partial charge in [0.1, 0.15) is 10.8 Å². The molecule has 10 heteroatoms. The fourth-order valence-corrected chi connectivity index (χ4v) is 3.39. The van der Waals surface area contributed by atoms with Gasteiger partial charge in [0, 0.05) is 4.88 Å². The summed E-state index contributed by atoms with van der Waals surface area (Å²) >= 11 is 1.23. The molecule has 1 amide bonds. The largest absolute Gasteiger partial charge is 0.462 e. The van der Waals surface area contributed by atoms with Crippen LogP contribution < -0.4 is 10.1 Å². The summed E-state index contributed by atoms with van der Waals surface area (Å²) in [5.74, 6) is -2.18. The van der Waals surface area contributed by atoms with Gasteiger partial charge < -0.3 is 19.5 Å². The Morgan fingerprint density at radius 3 is 2.47 bits per heavy atom. The lowest BCUT2D eigenvalue weighted by Crippen LogP contribution is -2.21. The summed E-state index contributed by atoms with van der Waals surface area (Å²) < 4.78 is 38.7. The summed E-state index contributed by atoms with van der Waals surface area (Å²) in [5.41, 5.74) is 0.174. The second kappa shape index (κ2) is 10.7. The van der Waals surface area contributed by atoms with E-state index in [0.29, 0.717) is 5.00 Å². The predicted octanol–water partition coefficient (Wildman–Crippen LogP) is 4.45. The fourth-order valence-electron chi connectivity index (χ4n) is 2.32. The third-order valence-electron chi connectivity index (χ3n) is 3.70. The highest BCUT2D eigenvalue weighted by atomic mass is 32.1. The molecule has 0 saturated carbocycles. The van der Waals surface area contributed by atoms with Crippen LogP contribution in [0.15, 0.2) is 30.3 Å². The number of alkyl halides is 2. The van der Waals surface area contributed by atoms with E-state index in [1.165, 1.54) is 29.5 Å². The Kier molecular flexibility index (Phi) is 8.28. The van der Waals surface area contributed by atoms with Crippen LogP contribution in [0, 0.1) is 0 Å². The van der Waals surface area contributed by atoms with Crippen molar-refractivity contribution in [1.29, 1.82) is 0 Å². The van der Waals surface area contributed by atoms with Gasteiger partial charge in [0.05, 0.1) is 17.7 Å². The van der Waals surface area contributed by atoms with Crippen LogP contribution in [0.3, 0.4) is 0 Å². The maximum atomic E-state index is 12.3. The highest BCUT2D eigenvalue weighted by Gasteiger charge is 2.21. The number of esters is 2. The Labute approximate surface area is 175 Å². The average Bonchev–Trinajstić information content (AvgIpc) is 3.10. The molecule has 30 heavy (non-hydrogen) atoms.